The molecular formula is C17H22FNO2. The molecule has 0 bridgehead atoms. The van der Waals surface area contributed by atoms with Gasteiger partial charge in [0.1, 0.15) is 11.9 Å². The van der Waals surface area contributed by atoms with Crippen LogP contribution >= 0.6 is 0 Å². The minimum Gasteiger partial charge on any atom is -0.368 e. The number of para-hydroxylation sites is 1. The van der Waals surface area contributed by atoms with Crippen LogP contribution in [0.4, 0.5) is 10.1 Å². The van der Waals surface area contributed by atoms with Crippen molar-refractivity contribution in [1.82, 2.24) is 0 Å². The molecule has 0 radical (unpaired) electrons. The summed E-state index contributed by atoms with van der Waals surface area (Å²) in [7, 11) is 0. The van der Waals surface area contributed by atoms with E-state index in [1.807, 2.05) is 6.07 Å². The zero-order valence-corrected chi connectivity index (χ0v) is 12.6. The summed E-state index contributed by atoms with van der Waals surface area (Å²) in [5, 5.41) is 0. The molecule has 1 amide bonds. The minimum atomic E-state index is -0.421. The lowest BCUT2D eigenvalue weighted by molar-refractivity contribution is -0.129. The van der Waals surface area contributed by atoms with Gasteiger partial charge in [0.15, 0.2) is 0 Å². The number of fused-ring (bicyclic) bond motifs is 1. The van der Waals surface area contributed by atoms with Gasteiger partial charge >= 0.3 is 0 Å². The monoisotopic (exact) mass is 291 g/mol. The number of carbonyl (C=O) groups excluding carboxylic acids is 1. The number of rotatable bonds is 2. The van der Waals surface area contributed by atoms with E-state index < -0.39 is 6.10 Å². The number of benzene rings is 1. The van der Waals surface area contributed by atoms with Crippen molar-refractivity contribution in [2.24, 2.45) is 11.8 Å². The second-order valence-corrected chi connectivity index (χ2v) is 6.33. The van der Waals surface area contributed by atoms with Crippen molar-refractivity contribution in [3.63, 3.8) is 0 Å². The fraction of sp³-hybridized carbons (Fsp3) is 0.588. The topological polar surface area (TPSA) is 29.5 Å². The molecule has 1 saturated heterocycles. The summed E-state index contributed by atoms with van der Waals surface area (Å²) >= 11 is 0. The largest absolute Gasteiger partial charge is 0.368 e. The fourth-order valence-corrected chi connectivity index (χ4v) is 3.52. The van der Waals surface area contributed by atoms with Gasteiger partial charge in [-0.2, -0.15) is 0 Å². The number of hydrogen-bond donors (Lipinski definition) is 0. The lowest BCUT2D eigenvalue weighted by Crippen LogP contribution is -2.45. The summed E-state index contributed by atoms with van der Waals surface area (Å²) in [4.78, 5) is 14.5. The van der Waals surface area contributed by atoms with Crippen LogP contribution in [-0.4, -0.2) is 25.2 Å². The van der Waals surface area contributed by atoms with E-state index in [2.05, 4.69) is 13.8 Å². The van der Waals surface area contributed by atoms with Crippen molar-refractivity contribution in [2.75, 3.05) is 18.1 Å². The number of halogens is 1. The molecule has 0 aromatic heterocycles. The van der Waals surface area contributed by atoms with Crippen LogP contribution in [-0.2, 0) is 16.0 Å². The number of nitrogens with zero attached hydrogens (tertiary/aromatic N) is 1. The summed E-state index contributed by atoms with van der Waals surface area (Å²) in [6, 6.07) is 5.05. The Morgan fingerprint density at radius 3 is 3.00 bits per heavy atom. The van der Waals surface area contributed by atoms with Gasteiger partial charge in [-0.15, -0.1) is 0 Å². The standard InChI is InChI=1S/C17H22FNO2/c1-11(2)13-8-10-21-16(13)17(20)19-9-4-6-12-5-3-7-14(18)15(12)19/h3,5,7,11,13,16H,4,6,8-10H2,1-2H3/t13-,16-/m1/s1. The predicted molar refractivity (Wildman–Crippen MR) is 79.8 cm³/mol. The molecule has 2 aliphatic heterocycles. The molecule has 1 fully saturated rings. The number of aryl methyl sites for hydroxylation is 1. The summed E-state index contributed by atoms with van der Waals surface area (Å²) in [5.74, 6) is 0.248. The van der Waals surface area contributed by atoms with Crippen LogP contribution in [0, 0.1) is 17.7 Å². The molecule has 2 atom stereocenters. The second kappa shape index (κ2) is 5.76. The van der Waals surface area contributed by atoms with Crippen LogP contribution in [0.25, 0.3) is 0 Å². The third-order valence-electron chi connectivity index (χ3n) is 4.67. The van der Waals surface area contributed by atoms with Crippen LogP contribution < -0.4 is 4.90 Å². The molecule has 1 aromatic carbocycles. The van der Waals surface area contributed by atoms with Crippen molar-refractivity contribution < 1.29 is 13.9 Å². The van der Waals surface area contributed by atoms with Gasteiger partial charge in [-0.3, -0.25) is 4.79 Å². The number of amides is 1. The van der Waals surface area contributed by atoms with Crippen LogP contribution in [0.1, 0.15) is 32.3 Å². The van der Waals surface area contributed by atoms with Crippen molar-refractivity contribution >= 4 is 11.6 Å². The first-order valence-electron chi connectivity index (χ1n) is 7.80. The molecular weight excluding hydrogens is 269 g/mol. The number of hydrogen-bond acceptors (Lipinski definition) is 2. The first-order valence-corrected chi connectivity index (χ1v) is 7.80. The molecule has 0 N–H and O–H groups in total. The predicted octanol–water partition coefficient (Wildman–Crippen LogP) is 3.17. The average Bonchev–Trinajstić information content (AvgIpc) is 2.96. The highest BCUT2D eigenvalue weighted by molar-refractivity contribution is 5.98. The molecule has 0 aliphatic carbocycles. The van der Waals surface area contributed by atoms with Crippen molar-refractivity contribution in [3.8, 4) is 0 Å². The Morgan fingerprint density at radius 2 is 2.24 bits per heavy atom. The van der Waals surface area contributed by atoms with E-state index in [1.54, 1.807) is 11.0 Å². The first kappa shape index (κ1) is 14.5. The van der Waals surface area contributed by atoms with E-state index in [0.717, 1.165) is 24.8 Å². The van der Waals surface area contributed by atoms with Gasteiger partial charge in [-0.25, -0.2) is 4.39 Å². The molecule has 2 heterocycles. The Morgan fingerprint density at radius 1 is 1.43 bits per heavy atom. The van der Waals surface area contributed by atoms with Crippen molar-refractivity contribution in [3.05, 3.63) is 29.6 Å². The fourth-order valence-electron chi connectivity index (χ4n) is 3.52. The Labute approximate surface area is 125 Å². The number of ether oxygens (including phenoxy) is 1. The summed E-state index contributed by atoms with van der Waals surface area (Å²) < 4.78 is 19.9. The molecule has 0 unspecified atom stereocenters. The zero-order valence-electron chi connectivity index (χ0n) is 12.6. The van der Waals surface area contributed by atoms with Gasteiger partial charge in [0.25, 0.3) is 5.91 Å². The molecule has 0 saturated carbocycles. The van der Waals surface area contributed by atoms with E-state index in [1.165, 1.54) is 6.07 Å². The van der Waals surface area contributed by atoms with Crippen molar-refractivity contribution in [2.45, 2.75) is 39.2 Å². The van der Waals surface area contributed by atoms with Gasteiger partial charge in [-0.05, 0) is 42.7 Å². The lowest BCUT2D eigenvalue weighted by Gasteiger charge is -2.33. The molecule has 4 heteroatoms. The smallest absolute Gasteiger partial charge is 0.256 e. The van der Waals surface area contributed by atoms with Gasteiger partial charge in [0.2, 0.25) is 0 Å². The van der Waals surface area contributed by atoms with Gasteiger partial charge in [0, 0.05) is 13.2 Å². The summed E-state index contributed by atoms with van der Waals surface area (Å²) in [6.07, 6.45) is 2.19. The van der Waals surface area contributed by atoms with E-state index in [-0.39, 0.29) is 17.6 Å². The molecule has 2 aliphatic rings. The van der Waals surface area contributed by atoms with E-state index in [9.17, 15) is 9.18 Å². The third kappa shape index (κ3) is 2.57. The van der Waals surface area contributed by atoms with E-state index in [4.69, 9.17) is 4.74 Å². The quantitative estimate of drug-likeness (QED) is 0.837. The van der Waals surface area contributed by atoms with E-state index in [0.29, 0.717) is 24.8 Å². The highest BCUT2D eigenvalue weighted by Gasteiger charge is 2.40. The maximum absolute atomic E-state index is 14.2. The zero-order chi connectivity index (χ0) is 15.0. The molecule has 3 rings (SSSR count). The van der Waals surface area contributed by atoms with Crippen molar-refractivity contribution in [1.29, 1.82) is 0 Å². The minimum absolute atomic E-state index is 0.0720. The highest BCUT2D eigenvalue weighted by atomic mass is 19.1. The average molecular weight is 291 g/mol. The molecule has 1 aromatic rings. The maximum Gasteiger partial charge on any atom is 0.256 e. The Kier molecular flexibility index (Phi) is 3.98. The molecule has 0 spiro atoms. The SMILES string of the molecule is CC(C)[C@H]1CCO[C@H]1C(=O)N1CCCc2cccc(F)c21. The Bertz CT molecular complexity index is 544. The van der Waals surface area contributed by atoms with Crippen LogP contribution in [0.15, 0.2) is 18.2 Å². The van der Waals surface area contributed by atoms with E-state index >= 15 is 0 Å². The normalized spacial score (nSPS) is 25.2. The second-order valence-electron chi connectivity index (χ2n) is 6.33. The third-order valence-corrected chi connectivity index (χ3v) is 4.67. The number of anilines is 1. The Balaban J connectivity index is 1.90. The van der Waals surface area contributed by atoms with Crippen LogP contribution in [0.2, 0.25) is 0 Å². The van der Waals surface area contributed by atoms with Gasteiger partial charge in [-0.1, -0.05) is 26.0 Å². The lowest BCUT2D eigenvalue weighted by atomic mass is 9.88. The molecule has 114 valence electrons. The van der Waals surface area contributed by atoms with Gasteiger partial charge < -0.3 is 9.64 Å². The summed E-state index contributed by atoms with van der Waals surface area (Å²) in [6.45, 7) is 5.43. The summed E-state index contributed by atoms with van der Waals surface area (Å²) in [5.41, 5.74) is 1.39. The van der Waals surface area contributed by atoms with Crippen LogP contribution in [0.3, 0.4) is 0 Å². The van der Waals surface area contributed by atoms with Gasteiger partial charge in [0.05, 0.1) is 5.69 Å². The maximum atomic E-state index is 14.2. The van der Waals surface area contributed by atoms with Crippen LogP contribution in [0.5, 0.6) is 0 Å². The molecule has 21 heavy (non-hydrogen) atoms. The highest BCUT2D eigenvalue weighted by Crippen LogP contribution is 2.34. The molecule has 3 nitrogen and oxygen atoms in total. The first-order chi connectivity index (χ1) is 10.1. The number of carbonyl (C=O) groups is 1. The Hall–Kier alpha value is -1.42.